The van der Waals surface area contributed by atoms with E-state index in [1.54, 1.807) is 48.5 Å². The van der Waals surface area contributed by atoms with E-state index in [-0.39, 0.29) is 22.7 Å². The summed E-state index contributed by atoms with van der Waals surface area (Å²) < 4.78 is 56.1. The van der Waals surface area contributed by atoms with Crippen LogP contribution in [0.1, 0.15) is 0 Å². The van der Waals surface area contributed by atoms with Gasteiger partial charge in [-0.25, -0.2) is 45.5 Å². The van der Waals surface area contributed by atoms with Crippen LogP contribution < -0.4 is 41.3 Å². The highest BCUT2D eigenvalue weighted by Gasteiger charge is 2.24. The summed E-state index contributed by atoms with van der Waals surface area (Å²) >= 11 is 11.7. The molecule has 0 saturated heterocycles. The number of anilines is 6. The van der Waals surface area contributed by atoms with Gasteiger partial charge in [0.2, 0.25) is 0 Å². The lowest BCUT2D eigenvalue weighted by molar-refractivity contribution is 0.255. The lowest BCUT2D eigenvalue weighted by atomic mass is 10.3. The van der Waals surface area contributed by atoms with Gasteiger partial charge in [0, 0.05) is 32.8 Å². The molecule has 5 aromatic carbocycles. The Morgan fingerprint density at radius 3 is 0.981 bits per heavy atom. The Labute approximate surface area is 318 Å². The number of rotatable bonds is 10. The van der Waals surface area contributed by atoms with E-state index < -0.39 is 54.0 Å². The number of benzene rings is 5. The van der Waals surface area contributed by atoms with Crippen molar-refractivity contribution in [2.75, 3.05) is 31.9 Å². The molecule has 0 heterocycles. The summed E-state index contributed by atoms with van der Waals surface area (Å²) in [6.07, 6.45) is 0. The molecule has 20 heteroatoms. The normalized spacial score (nSPS) is 11.0. The van der Waals surface area contributed by atoms with E-state index >= 15 is 0 Å². The van der Waals surface area contributed by atoms with Gasteiger partial charge in [-0.3, -0.25) is 0 Å². The van der Waals surface area contributed by atoms with Gasteiger partial charge in [0.05, 0.1) is 11.4 Å². The number of urea groups is 4. The molecule has 0 aromatic heterocycles. The first-order chi connectivity index (χ1) is 25.7. The van der Waals surface area contributed by atoms with Crippen molar-refractivity contribution in [1.29, 1.82) is 0 Å². The van der Waals surface area contributed by atoms with Crippen LogP contribution >= 0.6 is 23.2 Å². The molecule has 8 amide bonds. The number of carbonyl (C=O) groups excluding carboxylic acids is 4. The monoisotopic (exact) mass is 810 g/mol. The third kappa shape index (κ3) is 10.8. The molecule has 0 aliphatic heterocycles. The van der Waals surface area contributed by atoms with Gasteiger partial charge in [0.1, 0.15) is 9.79 Å². The average molecular weight is 812 g/mol. The maximum absolute atomic E-state index is 13.1. The SMILES string of the molecule is O=C(Nc1ccc(Cl)cc1)Nc1ccccc1S(=O)(=O)NC(=O)Nc1ccc(NC(=O)NS(=O)(=O)c2ccccc2NC(=O)Nc2ccc(Cl)cc2)cc1. The van der Waals surface area contributed by atoms with Crippen LogP contribution in [0.25, 0.3) is 0 Å². The molecule has 0 atom stereocenters. The summed E-state index contributed by atoms with van der Waals surface area (Å²) in [5.74, 6) is 0. The van der Waals surface area contributed by atoms with E-state index in [1.807, 2.05) is 9.44 Å². The van der Waals surface area contributed by atoms with Gasteiger partial charge in [0.25, 0.3) is 20.0 Å². The summed E-state index contributed by atoms with van der Waals surface area (Å²) in [6.45, 7) is 0. The molecule has 0 unspecified atom stereocenters. The molecule has 0 bridgehead atoms. The predicted molar refractivity (Wildman–Crippen MR) is 206 cm³/mol. The minimum atomic E-state index is -4.50. The topological polar surface area (TPSA) is 233 Å². The lowest BCUT2D eigenvalue weighted by Gasteiger charge is -2.14. The molecular weight excluding hydrogens is 783 g/mol. The Morgan fingerprint density at radius 1 is 0.370 bits per heavy atom. The highest BCUT2D eigenvalue weighted by Crippen LogP contribution is 2.24. The molecule has 16 nitrogen and oxygen atoms in total. The molecule has 0 aliphatic carbocycles. The van der Waals surface area contributed by atoms with Crippen molar-refractivity contribution in [1.82, 2.24) is 9.44 Å². The zero-order valence-electron chi connectivity index (χ0n) is 27.4. The zero-order valence-corrected chi connectivity index (χ0v) is 30.5. The van der Waals surface area contributed by atoms with E-state index in [9.17, 15) is 36.0 Å². The summed E-state index contributed by atoms with van der Waals surface area (Å²) in [5.41, 5.74) is 0.779. The number of nitrogens with one attached hydrogen (secondary N) is 8. The van der Waals surface area contributed by atoms with Gasteiger partial charge in [-0.2, -0.15) is 0 Å². The first kappa shape index (κ1) is 38.9. The first-order valence-electron chi connectivity index (χ1n) is 15.3. The first-order valence-corrected chi connectivity index (χ1v) is 19.0. The fourth-order valence-electron chi connectivity index (χ4n) is 4.55. The molecule has 0 fully saturated rings. The van der Waals surface area contributed by atoms with E-state index in [0.717, 1.165) is 0 Å². The standard InChI is InChI=1S/C34H28Cl2N8O8S2/c35-21-9-13-23(14-10-21)37-31(45)41-27-5-1-3-7-29(27)53(49,50)43-33(47)39-25-17-19-26(20-18-25)40-34(48)44-54(51,52)30-8-4-2-6-28(30)42-32(46)38-24-15-11-22(36)12-16-24/h1-20H,(H2,37,41,45)(H2,38,42,46)(H2,39,43,47)(H2,40,44,48). The summed E-state index contributed by atoms with van der Waals surface area (Å²) in [7, 11) is -9.00. The van der Waals surface area contributed by atoms with Crippen LogP contribution in [0.2, 0.25) is 10.0 Å². The molecule has 8 N–H and O–H groups in total. The molecule has 278 valence electrons. The van der Waals surface area contributed by atoms with Crippen LogP contribution in [0.15, 0.2) is 131 Å². The largest absolute Gasteiger partial charge is 0.333 e. The second-order valence-electron chi connectivity index (χ2n) is 10.9. The number of para-hydroxylation sites is 2. The fraction of sp³-hybridized carbons (Fsp3) is 0. The van der Waals surface area contributed by atoms with Gasteiger partial charge >= 0.3 is 24.1 Å². The van der Waals surface area contributed by atoms with Crippen LogP contribution in [-0.4, -0.2) is 41.0 Å². The van der Waals surface area contributed by atoms with Crippen molar-refractivity contribution >= 4 is 101 Å². The van der Waals surface area contributed by atoms with Crippen molar-refractivity contribution in [2.45, 2.75) is 9.79 Å². The molecule has 0 saturated carbocycles. The van der Waals surface area contributed by atoms with Gasteiger partial charge in [-0.15, -0.1) is 0 Å². The fourth-order valence-corrected chi connectivity index (χ4v) is 6.94. The lowest BCUT2D eigenvalue weighted by Crippen LogP contribution is -2.35. The minimum absolute atomic E-state index is 0.104. The number of carbonyl (C=O) groups is 4. The number of halogens is 2. The van der Waals surface area contributed by atoms with Crippen LogP contribution in [0.4, 0.5) is 53.3 Å². The number of hydrogen-bond donors (Lipinski definition) is 8. The minimum Gasteiger partial charge on any atom is -0.308 e. The Kier molecular flexibility index (Phi) is 12.2. The Morgan fingerprint density at radius 2 is 0.648 bits per heavy atom. The molecule has 5 aromatic rings. The van der Waals surface area contributed by atoms with Crippen LogP contribution in [-0.2, 0) is 20.0 Å². The van der Waals surface area contributed by atoms with E-state index in [0.29, 0.717) is 21.4 Å². The third-order valence-corrected chi connectivity index (χ3v) is 10.2. The second kappa shape index (κ2) is 17.0. The van der Waals surface area contributed by atoms with E-state index in [2.05, 4.69) is 31.9 Å². The molecule has 0 aliphatic rings. The summed E-state index contributed by atoms with van der Waals surface area (Å²) in [4.78, 5) is 49.6. The Bertz CT molecular complexity index is 2250. The van der Waals surface area contributed by atoms with E-state index in [1.165, 1.54) is 72.8 Å². The highest BCUT2D eigenvalue weighted by atomic mass is 35.5. The second-order valence-corrected chi connectivity index (χ2v) is 15.0. The van der Waals surface area contributed by atoms with Crippen LogP contribution in [0.3, 0.4) is 0 Å². The molecule has 0 radical (unpaired) electrons. The number of hydrogen-bond acceptors (Lipinski definition) is 8. The summed E-state index contributed by atoms with van der Waals surface area (Å²) in [6, 6.07) is 24.7. The average Bonchev–Trinajstić information content (AvgIpc) is 3.11. The van der Waals surface area contributed by atoms with Gasteiger partial charge in [0.15, 0.2) is 0 Å². The third-order valence-electron chi connectivity index (χ3n) is 6.91. The van der Waals surface area contributed by atoms with Crippen molar-refractivity contribution in [3.05, 3.63) is 131 Å². The van der Waals surface area contributed by atoms with Crippen LogP contribution in [0.5, 0.6) is 0 Å². The van der Waals surface area contributed by atoms with Crippen molar-refractivity contribution in [2.24, 2.45) is 0 Å². The van der Waals surface area contributed by atoms with Gasteiger partial charge in [-0.1, -0.05) is 47.5 Å². The Hall–Kier alpha value is -6.34. The highest BCUT2D eigenvalue weighted by molar-refractivity contribution is 7.90. The smallest absolute Gasteiger partial charge is 0.308 e. The van der Waals surface area contributed by atoms with E-state index in [4.69, 9.17) is 23.2 Å². The van der Waals surface area contributed by atoms with Gasteiger partial charge in [-0.05, 0) is 97.1 Å². The quantitative estimate of drug-likeness (QED) is 0.0711. The number of amides is 8. The molecule has 0 spiro atoms. The maximum atomic E-state index is 13.1. The summed E-state index contributed by atoms with van der Waals surface area (Å²) in [5, 5.41) is 15.5. The van der Waals surface area contributed by atoms with Crippen molar-refractivity contribution in [3.63, 3.8) is 0 Å². The van der Waals surface area contributed by atoms with Crippen molar-refractivity contribution < 1.29 is 36.0 Å². The molecule has 54 heavy (non-hydrogen) atoms. The molecule has 5 rings (SSSR count). The predicted octanol–water partition coefficient (Wildman–Crippen LogP) is 7.30. The number of sulfonamides is 2. The van der Waals surface area contributed by atoms with Crippen molar-refractivity contribution in [3.8, 4) is 0 Å². The van der Waals surface area contributed by atoms with Crippen LogP contribution in [0, 0.1) is 0 Å². The van der Waals surface area contributed by atoms with Gasteiger partial charge < -0.3 is 31.9 Å². The maximum Gasteiger partial charge on any atom is 0.333 e. The zero-order chi connectivity index (χ0) is 38.9. The Balaban J connectivity index is 1.15. The molecular formula is C34H28Cl2N8O8S2.